The molecule has 0 aromatic carbocycles. The zero-order chi connectivity index (χ0) is 12.3. The number of halogens is 1. The van der Waals surface area contributed by atoms with Crippen molar-refractivity contribution in [3.05, 3.63) is 24.0 Å². The van der Waals surface area contributed by atoms with Gasteiger partial charge in [-0.3, -0.25) is 4.79 Å². The van der Waals surface area contributed by atoms with Gasteiger partial charge in [0.2, 0.25) is 0 Å². The van der Waals surface area contributed by atoms with E-state index in [0.29, 0.717) is 12.6 Å². The lowest BCUT2D eigenvalue weighted by Gasteiger charge is -2.35. The molecule has 4 nitrogen and oxygen atoms in total. The van der Waals surface area contributed by atoms with Gasteiger partial charge in [-0.1, -0.05) is 0 Å². The molecule has 0 aliphatic carbocycles. The Bertz CT molecular complexity index is 389. The Hall–Kier alpha value is -1.00. The van der Waals surface area contributed by atoms with Gasteiger partial charge in [0.25, 0.3) is 5.91 Å². The number of carbonyl (C=O) groups excluding carboxylic acids is 1. The van der Waals surface area contributed by atoms with Crippen LogP contribution in [0.5, 0.6) is 0 Å². The summed E-state index contributed by atoms with van der Waals surface area (Å²) in [7, 11) is 1.91. The van der Waals surface area contributed by atoms with Crippen molar-refractivity contribution in [2.75, 3.05) is 13.1 Å². The molecule has 5 heteroatoms. The maximum Gasteiger partial charge on any atom is 0.270 e. The second-order valence-corrected chi connectivity index (χ2v) is 4.73. The number of nitrogens with two attached hydrogens (primary N) is 1. The molecule has 2 heterocycles. The van der Waals surface area contributed by atoms with E-state index < -0.39 is 0 Å². The number of hydrogen-bond acceptors (Lipinski definition) is 2. The van der Waals surface area contributed by atoms with E-state index in [9.17, 15) is 4.79 Å². The van der Waals surface area contributed by atoms with Crippen LogP contribution in [0.25, 0.3) is 0 Å². The predicted octanol–water partition coefficient (Wildman–Crippen LogP) is 1.79. The number of likely N-dealkylation sites (tertiary alicyclic amines) is 1. The number of aryl methyl sites for hydroxylation is 1. The van der Waals surface area contributed by atoms with Crippen LogP contribution in [-0.4, -0.2) is 34.5 Å². The molecule has 102 valence electrons. The van der Waals surface area contributed by atoms with Crippen LogP contribution in [0.2, 0.25) is 0 Å². The van der Waals surface area contributed by atoms with Crippen LogP contribution < -0.4 is 5.73 Å². The fraction of sp³-hybridized carbons (Fsp3) is 0.615. The zero-order valence-corrected chi connectivity index (χ0v) is 11.7. The van der Waals surface area contributed by atoms with Crippen LogP contribution in [0.15, 0.2) is 18.3 Å². The van der Waals surface area contributed by atoms with Crippen LogP contribution in [0.3, 0.4) is 0 Å². The molecule has 18 heavy (non-hydrogen) atoms. The van der Waals surface area contributed by atoms with Gasteiger partial charge in [-0.05, 0) is 44.4 Å². The van der Waals surface area contributed by atoms with Crippen molar-refractivity contribution in [1.82, 2.24) is 9.47 Å². The van der Waals surface area contributed by atoms with Gasteiger partial charge in [-0.25, -0.2) is 0 Å². The van der Waals surface area contributed by atoms with Crippen molar-refractivity contribution in [1.29, 1.82) is 0 Å². The fourth-order valence-corrected chi connectivity index (χ4v) is 2.59. The van der Waals surface area contributed by atoms with Gasteiger partial charge in [-0.15, -0.1) is 12.4 Å². The normalized spacial score (nSPS) is 19.4. The van der Waals surface area contributed by atoms with Crippen LogP contribution >= 0.6 is 12.4 Å². The lowest BCUT2D eigenvalue weighted by Crippen LogP contribution is -2.45. The van der Waals surface area contributed by atoms with E-state index in [1.807, 2.05) is 34.8 Å². The SMILES string of the molecule is Cl.Cn1cccc1C(=O)N1CCCCC1CCN. The summed E-state index contributed by atoms with van der Waals surface area (Å²) in [6.07, 6.45) is 6.23. The molecule has 0 spiro atoms. The summed E-state index contributed by atoms with van der Waals surface area (Å²) in [5, 5.41) is 0. The fourth-order valence-electron chi connectivity index (χ4n) is 2.59. The topological polar surface area (TPSA) is 51.3 Å². The second kappa shape index (κ2) is 6.81. The van der Waals surface area contributed by atoms with E-state index in [2.05, 4.69) is 0 Å². The van der Waals surface area contributed by atoms with Gasteiger partial charge in [0.05, 0.1) is 0 Å². The second-order valence-electron chi connectivity index (χ2n) is 4.73. The molecule has 1 aliphatic rings. The number of nitrogens with zero attached hydrogens (tertiary/aromatic N) is 2. The molecule has 1 aromatic heterocycles. The summed E-state index contributed by atoms with van der Waals surface area (Å²) in [6, 6.07) is 4.13. The monoisotopic (exact) mass is 271 g/mol. The highest BCUT2D eigenvalue weighted by Crippen LogP contribution is 2.21. The van der Waals surface area contributed by atoms with Crippen molar-refractivity contribution < 1.29 is 4.79 Å². The molecule has 1 atom stereocenters. The number of piperidine rings is 1. The van der Waals surface area contributed by atoms with Gasteiger partial charge in [-0.2, -0.15) is 0 Å². The maximum atomic E-state index is 12.4. The Morgan fingerprint density at radius 1 is 1.50 bits per heavy atom. The summed E-state index contributed by atoms with van der Waals surface area (Å²) in [5.41, 5.74) is 6.40. The number of carbonyl (C=O) groups is 1. The number of rotatable bonds is 3. The van der Waals surface area contributed by atoms with E-state index in [1.165, 1.54) is 6.42 Å². The minimum Gasteiger partial charge on any atom is -0.347 e. The van der Waals surface area contributed by atoms with Crippen molar-refractivity contribution in [2.45, 2.75) is 31.7 Å². The highest BCUT2D eigenvalue weighted by Gasteiger charge is 2.27. The summed E-state index contributed by atoms with van der Waals surface area (Å²) < 4.78 is 1.89. The van der Waals surface area contributed by atoms with Crippen LogP contribution in [0.4, 0.5) is 0 Å². The Balaban J connectivity index is 0.00000162. The Morgan fingerprint density at radius 3 is 2.89 bits per heavy atom. The molecule has 1 aromatic rings. The van der Waals surface area contributed by atoms with Gasteiger partial charge in [0, 0.05) is 25.8 Å². The predicted molar refractivity (Wildman–Crippen MR) is 75.0 cm³/mol. The molecular formula is C13H22ClN3O. The first-order chi connectivity index (χ1) is 8.24. The molecule has 0 saturated carbocycles. The summed E-state index contributed by atoms with van der Waals surface area (Å²) in [4.78, 5) is 14.4. The molecule has 2 N–H and O–H groups in total. The Morgan fingerprint density at radius 2 is 2.28 bits per heavy atom. The molecule has 1 saturated heterocycles. The van der Waals surface area contributed by atoms with Crippen molar-refractivity contribution in [3.63, 3.8) is 0 Å². The highest BCUT2D eigenvalue weighted by atomic mass is 35.5. The highest BCUT2D eigenvalue weighted by molar-refractivity contribution is 5.93. The zero-order valence-electron chi connectivity index (χ0n) is 10.8. The van der Waals surface area contributed by atoms with Crippen LogP contribution in [-0.2, 0) is 7.05 Å². The third kappa shape index (κ3) is 3.06. The number of aromatic nitrogens is 1. The first-order valence-corrected chi connectivity index (χ1v) is 6.36. The lowest BCUT2D eigenvalue weighted by molar-refractivity contribution is 0.0595. The first-order valence-electron chi connectivity index (χ1n) is 6.36. The molecule has 1 fully saturated rings. The van der Waals surface area contributed by atoms with Gasteiger partial charge in [0.1, 0.15) is 5.69 Å². The number of amides is 1. The average molecular weight is 272 g/mol. The molecule has 1 aliphatic heterocycles. The standard InChI is InChI=1S/C13H21N3O.ClH/c1-15-9-4-6-12(15)13(17)16-10-3-2-5-11(16)7-8-14;/h4,6,9,11H,2-3,5,7-8,10,14H2,1H3;1H. The van der Waals surface area contributed by atoms with Gasteiger partial charge < -0.3 is 15.2 Å². The molecule has 0 bridgehead atoms. The van der Waals surface area contributed by atoms with Gasteiger partial charge >= 0.3 is 0 Å². The van der Waals surface area contributed by atoms with E-state index in [-0.39, 0.29) is 18.3 Å². The molecular weight excluding hydrogens is 250 g/mol. The average Bonchev–Trinajstić information content (AvgIpc) is 2.76. The van der Waals surface area contributed by atoms with Gasteiger partial charge in [0.15, 0.2) is 0 Å². The van der Waals surface area contributed by atoms with E-state index in [0.717, 1.165) is 31.5 Å². The van der Waals surface area contributed by atoms with Crippen molar-refractivity contribution in [3.8, 4) is 0 Å². The molecule has 0 radical (unpaired) electrons. The van der Waals surface area contributed by atoms with Crippen molar-refractivity contribution in [2.24, 2.45) is 12.8 Å². The molecule has 2 rings (SSSR count). The summed E-state index contributed by atoms with van der Waals surface area (Å²) in [5.74, 6) is 0.149. The van der Waals surface area contributed by atoms with Crippen LogP contribution in [0, 0.1) is 0 Å². The summed E-state index contributed by atoms with van der Waals surface area (Å²) in [6.45, 7) is 1.52. The summed E-state index contributed by atoms with van der Waals surface area (Å²) >= 11 is 0. The van der Waals surface area contributed by atoms with E-state index in [1.54, 1.807) is 0 Å². The third-order valence-corrected chi connectivity index (χ3v) is 3.55. The van der Waals surface area contributed by atoms with E-state index in [4.69, 9.17) is 5.73 Å². The van der Waals surface area contributed by atoms with E-state index >= 15 is 0 Å². The molecule has 1 amide bonds. The van der Waals surface area contributed by atoms with Crippen LogP contribution in [0.1, 0.15) is 36.2 Å². The minimum absolute atomic E-state index is 0. The molecule has 1 unspecified atom stereocenters. The largest absolute Gasteiger partial charge is 0.347 e. The van der Waals surface area contributed by atoms with Crippen molar-refractivity contribution >= 4 is 18.3 Å². The number of hydrogen-bond donors (Lipinski definition) is 1. The Kier molecular flexibility index (Phi) is 5.69. The lowest BCUT2D eigenvalue weighted by atomic mass is 9.99. The minimum atomic E-state index is 0. The maximum absolute atomic E-state index is 12.4. The quantitative estimate of drug-likeness (QED) is 0.911. The third-order valence-electron chi connectivity index (χ3n) is 3.55. The smallest absolute Gasteiger partial charge is 0.270 e. The first kappa shape index (κ1) is 15.1. The Labute approximate surface area is 115 Å².